The van der Waals surface area contributed by atoms with Crippen molar-refractivity contribution in [2.24, 2.45) is 41.1 Å². The molecule has 10 amide bonds. The van der Waals surface area contributed by atoms with Gasteiger partial charge in [-0.2, -0.15) is 0 Å². The summed E-state index contributed by atoms with van der Waals surface area (Å²) in [6, 6.07) is -11.6. The Morgan fingerprint density at radius 3 is 1.78 bits per heavy atom. The molecule has 3 saturated carbocycles. The molecule has 0 bridgehead atoms. The van der Waals surface area contributed by atoms with Crippen LogP contribution in [0.1, 0.15) is 135 Å². The molecule has 0 spiro atoms. The van der Waals surface area contributed by atoms with Crippen LogP contribution in [0.3, 0.4) is 0 Å². The standard InChI is InChI=1S/C60H97F2N15O13S2/c61-34-8-12-40-38(21-34)32(25-66-40)19-43-55(85)72-44(20-33-26-67-41-13-9-35(62)22-39(33)41)56(86)74-46(24-52(81)82)58(88)73-45(23-36-27-65-30-69-36)57(87)75-47(18-31-6-10-37(78)11-7-31)60(90)77-16-3-5-49(77)59(89)76-48(53(64)83)29-92-91-17-14-50(79)70-42(4-1-2-15-63)54(84)68-28-51(80)71-43/h31-49,65-67,69,78H,1-30,63H2,(H2,64,83)(H,68,84)(H,70,79)(H,71,80)(H,72,85)(H,73,88)(H,74,86)(H,75,87)(H,76,89)(H,81,82)/t31?,32?,33?,34?,35?,36?,37?,38?,39?,40?,41?,42-,43-,44-,45-,46-,47-,48-,49-/m0/s1. The molecule has 5 saturated heterocycles. The van der Waals surface area contributed by atoms with E-state index in [9.17, 15) is 53.4 Å². The number of hydrogen-bond donors (Lipinski definition) is 16. The lowest BCUT2D eigenvalue weighted by Gasteiger charge is -2.34. The highest BCUT2D eigenvalue weighted by molar-refractivity contribution is 8.76. The van der Waals surface area contributed by atoms with Gasteiger partial charge in [0, 0.05) is 55.8 Å². The number of primary amides is 1. The van der Waals surface area contributed by atoms with Crippen LogP contribution >= 0.6 is 21.6 Å². The second kappa shape index (κ2) is 35.3. The molecule has 8 aliphatic rings. The van der Waals surface area contributed by atoms with E-state index in [-0.39, 0.29) is 112 Å². The number of aliphatic carboxylic acids is 1. The summed E-state index contributed by atoms with van der Waals surface area (Å²) in [5.74, 6) is -10.8. The SMILES string of the molecule is NCCCC[C@@H]1NC(=O)CCSSC[C@@H](C(N)=O)NC(=O)[C@@H]2CCCN2C(=O)[C@H](CC2CCC(O)CC2)NC(=O)[C@H](CC2CNCN2)NC(=O)[C@H](CC(=O)O)NC(=O)[C@H](CC2CNC3CCC(F)CC23)NC(=O)[C@H](CC2CNC3CCC(F)CC23)NC(=O)CNC1=O. The summed E-state index contributed by atoms with van der Waals surface area (Å²) in [5.41, 5.74) is 11.6. The Kier molecular flexibility index (Phi) is 27.7. The van der Waals surface area contributed by atoms with Gasteiger partial charge >= 0.3 is 5.97 Å². The van der Waals surface area contributed by atoms with Crippen LogP contribution in [-0.4, -0.2) is 223 Å². The number of amides is 10. The normalized spacial score (nSPS) is 36.6. The number of halogens is 2. The maximum absolute atomic E-state index is 15.2. The molecule has 0 radical (unpaired) electrons. The van der Waals surface area contributed by atoms with Crippen molar-refractivity contribution in [2.45, 2.75) is 220 Å². The fraction of sp³-hybridized carbons (Fsp3) is 0.817. The van der Waals surface area contributed by atoms with Crippen LogP contribution in [0.4, 0.5) is 8.78 Å². The molecule has 9 unspecified atom stereocenters. The summed E-state index contributed by atoms with van der Waals surface area (Å²) < 4.78 is 30.3. The van der Waals surface area contributed by atoms with Gasteiger partial charge in [-0.05, 0) is 171 Å². The van der Waals surface area contributed by atoms with Gasteiger partial charge in [-0.25, -0.2) is 8.78 Å². The number of nitrogens with one attached hydrogen (secondary N) is 12. The molecule has 3 aliphatic carbocycles. The molecule has 5 heterocycles. The number of hydrogen-bond acceptors (Lipinski definition) is 19. The summed E-state index contributed by atoms with van der Waals surface area (Å²) in [5, 5.41) is 55.5. The van der Waals surface area contributed by atoms with Crippen LogP contribution in [0.25, 0.3) is 0 Å². The first-order valence-electron chi connectivity index (χ1n) is 33.1. The van der Waals surface area contributed by atoms with E-state index in [1.807, 2.05) is 0 Å². The molecule has 5 aliphatic heterocycles. The third-order valence-corrected chi connectivity index (χ3v) is 22.3. The van der Waals surface area contributed by atoms with Crippen molar-refractivity contribution >= 4 is 86.6 Å². The molecule has 28 nitrogen and oxygen atoms in total. The lowest BCUT2D eigenvalue weighted by Crippen LogP contribution is -2.61. The topological polar surface area (TPSA) is 428 Å². The van der Waals surface area contributed by atoms with Crippen molar-refractivity contribution in [1.82, 2.24) is 68.7 Å². The molecule has 32 heteroatoms. The van der Waals surface area contributed by atoms with Gasteiger partial charge in [0.05, 0.1) is 19.1 Å². The Labute approximate surface area is 543 Å². The number of nitrogens with zero attached hydrogens (tertiary/aromatic N) is 1. The van der Waals surface area contributed by atoms with E-state index in [2.05, 4.69) is 63.8 Å². The van der Waals surface area contributed by atoms with Gasteiger partial charge in [0.1, 0.15) is 60.7 Å². The number of carboxylic acids is 1. The maximum atomic E-state index is 15.2. The zero-order valence-electron chi connectivity index (χ0n) is 52.2. The quantitative estimate of drug-likeness (QED) is 0.0593. The minimum absolute atomic E-state index is 0.0251. The van der Waals surface area contributed by atoms with E-state index in [0.29, 0.717) is 103 Å². The van der Waals surface area contributed by atoms with Gasteiger partial charge in [0.25, 0.3) is 0 Å². The average molecular weight is 1340 g/mol. The van der Waals surface area contributed by atoms with Crippen LogP contribution in [0.15, 0.2) is 0 Å². The van der Waals surface area contributed by atoms with E-state index in [1.165, 1.54) is 15.7 Å². The van der Waals surface area contributed by atoms with Gasteiger partial charge in [-0.1, -0.05) is 21.6 Å². The number of carbonyl (C=O) groups excluding carboxylic acids is 10. The number of aliphatic hydroxyl groups excluding tert-OH is 1. The number of nitrogens with two attached hydrogens (primary N) is 2. The lowest BCUT2D eigenvalue weighted by molar-refractivity contribution is -0.143. The van der Waals surface area contributed by atoms with Crippen molar-refractivity contribution in [3.05, 3.63) is 0 Å². The van der Waals surface area contributed by atoms with Gasteiger partial charge in [0.15, 0.2) is 0 Å². The first-order valence-corrected chi connectivity index (χ1v) is 35.6. The maximum Gasteiger partial charge on any atom is 0.305 e. The number of fused-ring (bicyclic) bond motifs is 3. The Bertz CT molecular complexity index is 2600. The predicted octanol–water partition coefficient (Wildman–Crippen LogP) is -2.56. The molecular formula is C60H97F2N15O13S2. The fourth-order valence-corrected chi connectivity index (χ4v) is 17.0. The molecule has 18 N–H and O–H groups in total. The van der Waals surface area contributed by atoms with E-state index in [1.54, 1.807) is 0 Å². The lowest BCUT2D eigenvalue weighted by atomic mass is 9.76. The van der Waals surface area contributed by atoms with Gasteiger partial charge in [0.2, 0.25) is 59.1 Å². The Hall–Kier alpha value is -5.51. The number of alkyl halides is 2. The highest BCUT2D eigenvalue weighted by Crippen LogP contribution is 2.40. The predicted molar refractivity (Wildman–Crippen MR) is 336 cm³/mol. The van der Waals surface area contributed by atoms with E-state index < -0.39 is 157 Å². The number of rotatable bonds is 15. The highest BCUT2D eigenvalue weighted by atomic mass is 33.1. The molecule has 0 aromatic carbocycles. The summed E-state index contributed by atoms with van der Waals surface area (Å²) in [7, 11) is 2.36. The second-order valence-electron chi connectivity index (χ2n) is 26.4. The summed E-state index contributed by atoms with van der Waals surface area (Å²) >= 11 is 0. The Morgan fingerprint density at radius 2 is 1.18 bits per heavy atom. The van der Waals surface area contributed by atoms with Crippen LogP contribution in [0, 0.1) is 29.6 Å². The fourth-order valence-electron chi connectivity index (χ4n) is 14.8. The minimum atomic E-state index is -1.89. The number of carboxylic acid groups (broad SMARTS) is 1. The van der Waals surface area contributed by atoms with Crippen LogP contribution < -0.4 is 75.3 Å². The van der Waals surface area contributed by atoms with Crippen LogP contribution in [0.5, 0.6) is 0 Å². The Morgan fingerprint density at radius 1 is 0.598 bits per heavy atom. The number of unbranched alkanes of at least 4 members (excludes halogenated alkanes) is 1. The van der Waals surface area contributed by atoms with Crippen molar-refractivity contribution in [1.29, 1.82) is 0 Å². The van der Waals surface area contributed by atoms with Crippen molar-refractivity contribution in [2.75, 3.05) is 57.4 Å². The van der Waals surface area contributed by atoms with E-state index in [4.69, 9.17) is 11.5 Å². The van der Waals surface area contributed by atoms with Crippen molar-refractivity contribution in [3.63, 3.8) is 0 Å². The smallest absolute Gasteiger partial charge is 0.305 e. The second-order valence-corrected chi connectivity index (χ2v) is 29.1. The molecule has 0 aromatic rings. The monoisotopic (exact) mass is 1340 g/mol. The molecule has 516 valence electrons. The number of carbonyl (C=O) groups is 11. The first kappa shape index (κ1) is 72.3. The molecule has 17 atom stereocenters. The molecule has 8 rings (SSSR count). The first-order chi connectivity index (χ1) is 44.1. The zero-order chi connectivity index (χ0) is 66.0. The van der Waals surface area contributed by atoms with Crippen molar-refractivity contribution < 1.29 is 71.7 Å². The summed E-state index contributed by atoms with van der Waals surface area (Å²) in [6.45, 7) is 1.13. The Balaban J connectivity index is 1.11. The zero-order valence-corrected chi connectivity index (χ0v) is 53.9. The van der Waals surface area contributed by atoms with Gasteiger partial charge in [-0.3, -0.25) is 52.7 Å². The average Bonchev–Trinajstić information content (AvgIpc) is 1.86. The van der Waals surface area contributed by atoms with E-state index in [0.717, 1.165) is 10.8 Å². The summed E-state index contributed by atoms with van der Waals surface area (Å²) in [6.07, 6.45) is 1.65. The highest BCUT2D eigenvalue weighted by Gasteiger charge is 2.47. The van der Waals surface area contributed by atoms with Gasteiger partial charge < -0.3 is 90.4 Å². The number of aliphatic hydroxyl groups is 1. The molecular weight excluding hydrogens is 1240 g/mol. The summed E-state index contributed by atoms with van der Waals surface area (Å²) in [4.78, 5) is 157. The van der Waals surface area contributed by atoms with Gasteiger partial charge in [-0.15, -0.1) is 0 Å². The molecule has 92 heavy (non-hydrogen) atoms. The third kappa shape index (κ3) is 21.0. The largest absolute Gasteiger partial charge is 0.481 e. The third-order valence-electron chi connectivity index (χ3n) is 19.9. The van der Waals surface area contributed by atoms with E-state index >= 15 is 18.4 Å². The van der Waals surface area contributed by atoms with Crippen molar-refractivity contribution in [3.8, 4) is 0 Å². The van der Waals surface area contributed by atoms with Crippen LogP contribution in [-0.2, 0) is 52.7 Å². The minimum Gasteiger partial charge on any atom is -0.481 e. The molecule has 0 aromatic heterocycles. The molecule has 8 fully saturated rings. The van der Waals surface area contributed by atoms with Crippen LogP contribution in [0.2, 0.25) is 0 Å².